The number of benzene rings is 2. The maximum Gasteiger partial charge on any atom is 0.255 e. The number of piperazine rings is 1. The minimum Gasteiger partial charge on any atom is -0.337 e. The van der Waals surface area contributed by atoms with Gasteiger partial charge in [0.05, 0.1) is 10.6 Å². The number of nitrogens with zero attached hydrogens (tertiary/aromatic N) is 4. The Balaban J connectivity index is 1.48. The van der Waals surface area contributed by atoms with E-state index in [1.807, 2.05) is 4.90 Å². The molecule has 1 amide bonds. The van der Waals surface area contributed by atoms with E-state index < -0.39 is 0 Å². The Labute approximate surface area is 167 Å². The Bertz CT molecular complexity index is 991. The summed E-state index contributed by atoms with van der Waals surface area (Å²) in [6, 6.07) is 13.3. The Morgan fingerprint density at radius 2 is 1.68 bits per heavy atom. The highest BCUT2D eigenvalue weighted by molar-refractivity contribution is 6.34. The Morgan fingerprint density at radius 3 is 2.36 bits per heavy atom. The van der Waals surface area contributed by atoms with E-state index in [4.69, 9.17) is 11.6 Å². The summed E-state index contributed by atoms with van der Waals surface area (Å²) in [4.78, 5) is 25.2. The third kappa shape index (κ3) is 3.68. The molecule has 1 aliphatic rings. The van der Waals surface area contributed by atoms with Gasteiger partial charge in [-0.05, 0) is 29.8 Å². The molecule has 0 bridgehead atoms. The molecule has 0 aliphatic carbocycles. The molecule has 1 aliphatic heterocycles. The van der Waals surface area contributed by atoms with Gasteiger partial charge in [-0.3, -0.25) is 4.79 Å². The quantitative estimate of drug-likeness (QED) is 0.673. The van der Waals surface area contributed by atoms with E-state index in [0.29, 0.717) is 53.8 Å². The zero-order valence-electron chi connectivity index (χ0n) is 15.1. The summed E-state index contributed by atoms with van der Waals surface area (Å²) < 4.78 is 14.0. The van der Waals surface area contributed by atoms with Gasteiger partial charge in [0.1, 0.15) is 5.82 Å². The highest BCUT2D eigenvalue weighted by Gasteiger charge is 2.25. The van der Waals surface area contributed by atoms with Gasteiger partial charge < -0.3 is 9.80 Å². The van der Waals surface area contributed by atoms with Crippen LogP contribution < -0.4 is 4.90 Å². The summed E-state index contributed by atoms with van der Waals surface area (Å²) in [5, 5.41) is 0.319. The molecule has 7 heteroatoms. The number of carbonyl (C=O) groups is 1. The van der Waals surface area contributed by atoms with Crippen molar-refractivity contribution in [2.75, 3.05) is 31.1 Å². The molecule has 2 heterocycles. The molecule has 4 rings (SSSR count). The average Bonchev–Trinajstić information content (AvgIpc) is 2.74. The van der Waals surface area contributed by atoms with Crippen molar-refractivity contribution in [1.82, 2.24) is 14.9 Å². The molecule has 0 unspecified atom stereocenters. The SMILES string of the molecule is O=C(c1ccc(-c2ccccc2F)cc1Cl)N1CCN(c2ncccn2)CC1. The monoisotopic (exact) mass is 396 g/mol. The van der Waals surface area contributed by atoms with Crippen molar-refractivity contribution < 1.29 is 9.18 Å². The Kier molecular flexibility index (Phi) is 5.21. The number of rotatable bonds is 3. The molecule has 28 heavy (non-hydrogen) atoms. The van der Waals surface area contributed by atoms with Crippen LogP contribution in [0.15, 0.2) is 60.9 Å². The first kappa shape index (κ1) is 18.4. The zero-order chi connectivity index (χ0) is 19.5. The molecular formula is C21H18ClFN4O. The van der Waals surface area contributed by atoms with Crippen molar-refractivity contribution in [3.05, 3.63) is 77.3 Å². The van der Waals surface area contributed by atoms with Crippen LogP contribution in [0.1, 0.15) is 10.4 Å². The normalized spacial score (nSPS) is 14.2. The Morgan fingerprint density at radius 1 is 0.964 bits per heavy atom. The maximum atomic E-state index is 14.0. The standard InChI is InChI=1S/C21H18ClFN4O/c22-18-14-15(16-4-1-2-5-19(16)23)6-7-17(18)20(28)26-10-12-27(13-11-26)21-24-8-3-9-25-21/h1-9,14H,10-13H2. The number of hydrogen-bond donors (Lipinski definition) is 0. The van der Waals surface area contributed by atoms with E-state index >= 15 is 0 Å². The predicted molar refractivity (Wildman–Crippen MR) is 107 cm³/mol. The number of halogens is 2. The summed E-state index contributed by atoms with van der Waals surface area (Å²) in [6.07, 6.45) is 3.41. The van der Waals surface area contributed by atoms with Gasteiger partial charge in [0.15, 0.2) is 0 Å². The number of amides is 1. The van der Waals surface area contributed by atoms with Crippen LogP contribution in [0.25, 0.3) is 11.1 Å². The molecule has 1 aromatic heterocycles. The molecule has 142 valence electrons. The molecule has 2 aromatic carbocycles. The predicted octanol–water partition coefficient (Wildman–Crippen LogP) is 3.90. The van der Waals surface area contributed by atoms with Crippen LogP contribution in [0.5, 0.6) is 0 Å². The van der Waals surface area contributed by atoms with Gasteiger partial charge in [0.25, 0.3) is 5.91 Å². The van der Waals surface area contributed by atoms with E-state index in [-0.39, 0.29) is 11.7 Å². The molecule has 0 N–H and O–H groups in total. The van der Waals surface area contributed by atoms with Gasteiger partial charge in [-0.15, -0.1) is 0 Å². The van der Waals surface area contributed by atoms with E-state index in [1.165, 1.54) is 6.07 Å². The molecule has 0 spiro atoms. The van der Waals surface area contributed by atoms with Gasteiger partial charge in [-0.25, -0.2) is 14.4 Å². The van der Waals surface area contributed by atoms with E-state index in [9.17, 15) is 9.18 Å². The molecule has 1 fully saturated rings. The number of aromatic nitrogens is 2. The first-order valence-electron chi connectivity index (χ1n) is 8.99. The van der Waals surface area contributed by atoms with Gasteiger partial charge in [-0.1, -0.05) is 35.9 Å². The first-order chi connectivity index (χ1) is 13.6. The molecule has 1 saturated heterocycles. The van der Waals surface area contributed by atoms with Gasteiger partial charge in [0, 0.05) is 44.1 Å². The van der Waals surface area contributed by atoms with E-state index in [2.05, 4.69) is 9.97 Å². The topological polar surface area (TPSA) is 49.3 Å². The smallest absolute Gasteiger partial charge is 0.255 e. The summed E-state index contributed by atoms with van der Waals surface area (Å²) in [5.41, 5.74) is 1.52. The van der Waals surface area contributed by atoms with Crippen LogP contribution in [0.3, 0.4) is 0 Å². The van der Waals surface area contributed by atoms with Crippen LogP contribution >= 0.6 is 11.6 Å². The average molecular weight is 397 g/mol. The van der Waals surface area contributed by atoms with Crippen molar-refractivity contribution in [2.45, 2.75) is 0 Å². The minimum atomic E-state index is -0.322. The lowest BCUT2D eigenvalue weighted by Gasteiger charge is -2.34. The molecule has 0 saturated carbocycles. The van der Waals surface area contributed by atoms with Crippen molar-refractivity contribution in [2.24, 2.45) is 0 Å². The lowest BCUT2D eigenvalue weighted by Crippen LogP contribution is -2.49. The third-order valence-corrected chi connectivity index (χ3v) is 5.10. The lowest BCUT2D eigenvalue weighted by atomic mass is 10.0. The van der Waals surface area contributed by atoms with Crippen molar-refractivity contribution in [3.63, 3.8) is 0 Å². The first-order valence-corrected chi connectivity index (χ1v) is 9.37. The lowest BCUT2D eigenvalue weighted by molar-refractivity contribution is 0.0746. The molecule has 0 atom stereocenters. The second-order valence-electron chi connectivity index (χ2n) is 6.50. The number of anilines is 1. The molecule has 0 radical (unpaired) electrons. The van der Waals surface area contributed by atoms with E-state index in [1.54, 1.807) is 59.8 Å². The van der Waals surface area contributed by atoms with Crippen LogP contribution in [0.4, 0.5) is 10.3 Å². The van der Waals surface area contributed by atoms with Crippen LogP contribution in [-0.4, -0.2) is 47.0 Å². The van der Waals surface area contributed by atoms with Crippen molar-refractivity contribution >= 4 is 23.5 Å². The minimum absolute atomic E-state index is 0.126. The van der Waals surface area contributed by atoms with Gasteiger partial charge >= 0.3 is 0 Å². The summed E-state index contributed by atoms with van der Waals surface area (Å²) in [5.74, 6) is 0.220. The molecule has 5 nitrogen and oxygen atoms in total. The second kappa shape index (κ2) is 7.94. The Hall–Kier alpha value is -2.99. The highest BCUT2D eigenvalue weighted by atomic mass is 35.5. The highest BCUT2D eigenvalue weighted by Crippen LogP contribution is 2.28. The van der Waals surface area contributed by atoms with Crippen LogP contribution in [0.2, 0.25) is 5.02 Å². The second-order valence-corrected chi connectivity index (χ2v) is 6.91. The summed E-state index contributed by atoms with van der Waals surface area (Å²) in [7, 11) is 0. The van der Waals surface area contributed by atoms with Gasteiger partial charge in [-0.2, -0.15) is 0 Å². The van der Waals surface area contributed by atoms with Crippen molar-refractivity contribution in [3.8, 4) is 11.1 Å². The number of hydrogen-bond acceptors (Lipinski definition) is 4. The third-order valence-electron chi connectivity index (χ3n) is 4.79. The maximum absolute atomic E-state index is 14.0. The van der Waals surface area contributed by atoms with Crippen LogP contribution in [-0.2, 0) is 0 Å². The van der Waals surface area contributed by atoms with Gasteiger partial charge in [0.2, 0.25) is 5.95 Å². The number of carbonyl (C=O) groups excluding carboxylic acids is 1. The summed E-state index contributed by atoms with van der Waals surface area (Å²) >= 11 is 6.37. The fraction of sp³-hybridized carbons (Fsp3) is 0.190. The summed E-state index contributed by atoms with van der Waals surface area (Å²) in [6.45, 7) is 2.42. The zero-order valence-corrected chi connectivity index (χ0v) is 15.8. The largest absolute Gasteiger partial charge is 0.337 e. The molecule has 3 aromatic rings. The fourth-order valence-corrected chi connectivity index (χ4v) is 3.55. The molecular weight excluding hydrogens is 379 g/mol. The fourth-order valence-electron chi connectivity index (χ4n) is 3.29. The van der Waals surface area contributed by atoms with E-state index in [0.717, 1.165) is 0 Å². The van der Waals surface area contributed by atoms with Crippen LogP contribution in [0, 0.1) is 5.82 Å². The van der Waals surface area contributed by atoms with Crippen molar-refractivity contribution in [1.29, 1.82) is 0 Å².